The molecule has 0 saturated heterocycles. The summed E-state index contributed by atoms with van der Waals surface area (Å²) in [7, 11) is -3.28. The summed E-state index contributed by atoms with van der Waals surface area (Å²) in [5.41, 5.74) is 3.85. The molecule has 1 saturated carbocycles. The van der Waals surface area contributed by atoms with Crippen LogP contribution in [0.5, 0.6) is 5.75 Å². The van der Waals surface area contributed by atoms with Crippen LogP contribution in [-0.2, 0) is 16.4 Å². The van der Waals surface area contributed by atoms with Gasteiger partial charge in [0.15, 0.2) is 0 Å². The minimum absolute atomic E-state index is 0.0456. The van der Waals surface area contributed by atoms with E-state index in [-0.39, 0.29) is 17.4 Å². The summed E-state index contributed by atoms with van der Waals surface area (Å²) in [5, 5.41) is 13.4. The van der Waals surface area contributed by atoms with E-state index < -0.39 is 10.0 Å². The number of hydrogen-bond acceptors (Lipinski definition) is 7. The first-order chi connectivity index (χ1) is 15.9. The molecule has 1 aromatic heterocycles. The van der Waals surface area contributed by atoms with Crippen LogP contribution >= 0.6 is 0 Å². The van der Waals surface area contributed by atoms with Gasteiger partial charge in [0.25, 0.3) is 5.89 Å². The van der Waals surface area contributed by atoms with Crippen molar-refractivity contribution in [2.45, 2.75) is 56.9 Å². The van der Waals surface area contributed by atoms with Crippen LogP contribution in [0, 0.1) is 11.3 Å². The van der Waals surface area contributed by atoms with Crippen LogP contribution in [0.15, 0.2) is 40.9 Å². The molecule has 2 aromatic carbocycles. The Balaban J connectivity index is 1.43. The second-order valence-corrected chi connectivity index (χ2v) is 10.7. The Hall–Kier alpha value is -3.22. The van der Waals surface area contributed by atoms with Crippen LogP contribution in [0.4, 0.5) is 0 Å². The number of nitrogens with one attached hydrogen (secondary N) is 1. The van der Waals surface area contributed by atoms with Crippen molar-refractivity contribution < 1.29 is 17.7 Å². The van der Waals surface area contributed by atoms with Crippen LogP contribution in [0.3, 0.4) is 0 Å². The summed E-state index contributed by atoms with van der Waals surface area (Å²) in [4.78, 5) is 4.57. The van der Waals surface area contributed by atoms with Gasteiger partial charge < -0.3 is 9.26 Å². The molecule has 5 rings (SSSR count). The van der Waals surface area contributed by atoms with E-state index in [1.54, 1.807) is 18.2 Å². The van der Waals surface area contributed by atoms with Crippen molar-refractivity contribution in [1.82, 2.24) is 14.9 Å². The molecule has 1 atom stereocenters. The SMILES string of the molecule is CC(C)Oc1ccc(-c2nc(-c3cccc4c3CC[C@@H]4NS(=O)(=O)C3CC3)no2)cc1C#N. The highest BCUT2D eigenvalue weighted by Crippen LogP contribution is 2.39. The number of fused-ring (bicyclic) bond motifs is 1. The molecule has 1 fully saturated rings. The molecule has 1 N–H and O–H groups in total. The lowest BCUT2D eigenvalue weighted by atomic mass is 10.0. The number of rotatable bonds is 7. The second-order valence-electron chi connectivity index (χ2n) is 8.74. The van der Waals surface area contributed by atoms with Gasteiger partial charge >= 0.3 is 0 Å². The summed E-state index contributed by atoms with van der Waals surface area (Å²) in [5.74, 6) is 1.25. The largest absolute Gasteiger partial charge is 0.490 e. The highest BCUT2D eigenvalue weighted by molar-refractivity contribution is 7.90. The van der Waals surface area contributed by atoms with E-state index in [1.165, 1.54) is 0 Å². The van der Waals surface area contributed by atoms with Gasteiger partial charge in [0.1, 0.15) is 11.8 Å². The molecule has 0 amide bonds. The fraction of sp³-hybridized carbons (Fsp3) is 0.375. The third kappa shape index (κ3) is 4.24. The maximum absolute atomic E-state index is 12.4. The van der Waals surface area contributed by atoms with Crippen molar-refractivity contribution in [3.05, 3.63) is 53.1 Å². The predicted molar refractivity (Wildman–Crippen MR) is 122 cm³/mol. The molecule has 0 radical (unpaired) electrons. The third-order valence-corrected chi connectivity index (χ3v) is 7.88. The first-order valence-corrected chi connectivity index (χ1v) is 12.6. The Morgan fingerprint density at radius 3 is 2.76 bits per heavy atom. The number of nitrogens with zero attached hydrogens (tertiary/aromatic N) is 3. The van der Waals surface area contributed by atoms with Crippen LogP contribution < -0.4 is 9.46 Å². The Morgan fingerprint density at radius 1 is 1.21 bits per heavy atom. The summed E-state index contributed by atoms with van der Waals surface area (Å²) >= 11 is 0. The zero-order valence-electron chi connectivity index (χ0n) is 18.4. The first-order valence-electron chi connectivity index (χ1n) is 11.0. The quantitative estimate of drug-likeness (QED) is 0.558. The van der Waals surface area contributed by atoms with Crippen molar-refractivity contribution in [3.63, 3.8) is 0 Å². The van der Waals surface area contributed by atoms with Crippen LogP contribution in [0.25, 0.3) is 22.8 Å². The van der Waals surface area contributed by atoms with Gasteiger partial charge in [-0.15, -0.1) is 0 Å². The molecule has 0 aliphatic heterocycles. The standard InChI is InChI=1S/C24H24N4O4S/c1-14(2)31-22-11-6-15(12-16(22)13-25)24-26-23(27-32-24)20-5-3-4-19-18(20)9-10-21(19)28-33(29,30)17-7-8-17/h3-6,11-12,14,17,21,28H,7-10H2,1-2H3/t21-/m0/s1. The highest BCUT2D eigenvalue weighted by Gasteiger charge is 2.38. The molecule has 0 spiro atoms. The van der Waals surface area contributed by atoms with Crippen LogP contribution in [0.2, 0.25) is 0 Å². The van der Waals surface area contributed by atoms with E-state index in [1.807, 2.05) is 32.0 Å². The van der Waals surface area contributed by atoms with E-state index in [0.29, 0.717) is 35.0 Å². The molecule has 0 bridgehead atoms. The van der Waals surface area contributed by atoms with Crippen molar-refractivity contribution >= 4 is 10.0 Å². The molecule has 1 heterocycles. The second kappa shape index (κ2) is 8.28. The smallest absolute Gasteiger partial charge is 0.258 e. The highest BCUT2D eigenvalue weighted by atomic mass is 32.2. The fourth-order valence-corrected chi connectivity index (χ4v) is 5.81. The van der Waals surface area contributed by atoms with Gasteiger partial charge in [-0.1, -0.05) is 23.4 Å². The van der Waals surface area contributed by atoms with Gasteiger partial charge in [-0.2, -0.15) is 10.2 Å². The summed E-state index contributed by atoms with van der Waals surface area (Å²) in [6.45, 7) is 3.80. The van der Waals surface area contributed by atoms with Crippen molar-refractivity contribution in [2.75, 3.05) is 0 Å². The number of benzene rings is 2. The normalized spacial score (nSPS) is 17.7. The van der Waals surface area contributed by atoms with Crippen LogP contribution in [0.1, 0.15) is 55.8 Å². The van der Waals surface area contributed by atoms with Crippen molar-refractivity contribution in [3.8, 4) is 34.7 Å². The molecule has 2 aliphatic carbocycles. The Kier molecular flexibility index (Phi) is 5.43. The van der Waals surface area contributed by atoms with E-state index in [9.17, 15) is 13.7 Å². The molecule has 33 heavy (non-hydrogen) atoms. The zero-order chi connectivity index (χ0) is 23.2. The number of nitriles is 1. The maximum atomic E-state index is 12.4. The molecule has 9 heteroatoms. The van der Waals surface area contributed by atoms with Crippen molar-refractivity contribution in [2.24, 2.45) is 0 Å². The Morgan fingerprint density at radius 2 is 2.03 bits per heavy atom. The van der Waals surface area contributed by atoms with E-state index >= 15 is 0 Å². The zero-order valence-corrected chi connectivity index (χ0v) is 19.2. The molecule has 8 nitrogen and oxygen atoms in total. The summed E-state index contributed by atoms with van der Waals surface area (Å²) in [6.07, 6.45) is 2.85. The van der Waals surface area contributed by atoms with Gasteiger partial charge in [-0.05, 0) is 68.9 Å². The first kappa shape index (κ1) is 21.6. The minimum Gasteiger partial charge on any atom is -0.490 e. The van der Waals surface area contributed by atoms with E-state index in [0.717, 1.165) is 36.0 Å². The van der Waals surface area contributed by atoms with Gasteiger partial charge in [-0.3, -0.25) is 0 Å². The fourth-order valence-electron chi connectivity index (χ4n) is 4.22. The average Bonchev–Trinajstić information content (AvgIpc) is 3.43. The lowest BCUT2D eigenvalue weighted by Gasteiger charge is -2.14. The molecular formula is C24H24N4O4S. The maximum Gasteiger partial charge on any atom is 0.258 e. The predicted octanol–water partition coefficient (Wildman–Crippen LogP) is 4.13. The van der Waals surface area contributed by atoms with Gasteiger partial charge in [0.2, 0.25) is 15.8 Å². The number of ether oxygens (including phenoxy) is 1. The monoisotopic (exact) mass is 464 g/mol. The van der Waals surface area contributed by atoms with Crippen molar-refractivity contribution in [1.29, 1.82) is 5.26 Å². The lowest BCUT2D eigenvalue weighted by molar-refractivity contribution is 0.241. The minimum atomic E-state index is -3.28. The molecule has 170 valence electrons. The third-order valence-electron chi connectivity index (χ3n) is 5.92. The molecular weight excluding hydrogens is 440 g/mol. The van der Waals surface area contributed by atoms with Crippen LogP contribution in [-0.4, -0.2) is 29.9 Å². The number of sulfonamides is 1. The number of hydrogen-bond donors (Lipinski definition) is 1. The van der Waals surface area contributed by atoms with E-state index in [4.69, 9.17) is 9.26 Å². The molecule has 3 aromatic rings. The Bertz CT molecular complexity index is 1350. The topological polar surface area (TPSA) is 118 Å². The summed E-state index contributed by atoms with van der Waals surface area (Å²) < 4.78 is 38.9. The summed E-state index contributed by atoms with van der Waals surface area (Å²) in [6, 6.07) is 12.9. The Labute approximate surface area is 192 Å². The van der Waals surface area contributed by atoms with Gasteiger partial charge in [0.05, 0.1) is 16.9 Å². The average molecular weight is 465 g/mol. The van der Waals surface area contributed by atoms with Gasteiger partial charge in [0, 0.05) is 17.2 Å². The molecule has 2 aliphatic rings. The van der Waals surface area contributed by atoms with Gasteiger partial charge in [-0.25, -0.2) is 13.1 Å². The number of aromatic nitrogens is 2. The van der Waals surface area contributed by atoms with E-state index in [2.05, 4.69) is 20.9 Å². The molecule has 0 unspecified atom stereocenters. The lowest BCUT2D eigenvalue weighted by Crippen LogP contribution is -2.30.